The van der Waals surface area contributed by atoms with Gasteiger partial charge in [-0.25, -0.2) is 0 Å². The van der Waals surface area contributed by atoms with E-state index in [4.69, 9.17) is 34.8 Å². The lowest BCUT2D eigenvalue weighted by molar-refractivity contribution is 0.315. The Labute approximate surface area is 119 Å². The maximum Gasteiger partial charge on any atom is 0.191 e. The Kier molecular flexibility index (Phi) is 4.80. The molecule has 0 radical (unpaired) electrons. The Morgan fingerprint density at radius 1 is 1.12 bits per heavy atom. The van der Waals surface area contributed by atoms with E-state index in [-0.39, 0.29) is 5.41 Å². The monoisotopic (exact) mass is 292 g/mol. The smallest absolute Gasteiger partial charge is 0.0837 e. The number of aryl methyl sites for hydroxylation is 1. The standard InChI is InChI=1S/C14H19Cl3/c1-10(2)13(4,9-14(15,16)17)12-8-6-5-7-11(12)3/h5-8,10H,9H2,1-4H3. The predicted molar refractivity (Wildman–Crippen MR) is 78.3 cm³/mol. The minimum atomic E-state index is -1.22. The molecule has 0 aliphatic rings. The van der Waals surface area contributed by atoms with Gasteiger partial charge in [-0.1, -0.05) is 79.8 Å². The van der Waals surface area contributed by atoms with Gasteiger partial charge in [0.15, 0.2) is 3.79 Å². The van der Waals surface area contributed by atoms with Crippen LogP contribution < -0.4 is 0 Å². The normalized spacial score (nSPS) is 16.0. The van der Waals surface area contributed by atoms with Gasteiger partial charge < -0.3 is 0 Å². The molecule has 0 heterocycles. The van der Waals surface area contributed by atoms with Crippen molar-refractivity contribution in [1.82, 2.24) is 0 Å². The summed E-state index contributed by atoms with van der Waals surface area (Å²) in [5, 5.41) is 0. The molecule has 1 aromatic rings. The molecule has 1 rings (SSSR count). The molecule has 0 saturated heterocycles. The van der Waals surface area contributed by atoms with Crippen LogP contribution in [-0.2, 0) is 5.41 Å². The summed E-state index contributed by atoms with van der Waals surface area (Å²) in [6.07, 6.45) is 0.521. The summed E-state index contributed by atoms with van der Waals surface area (Å²) in [5.41, 5.74) is 2.38. The number of rotatable bonds is 3. The fourth-order valence-corrected chi connectivity index (χ4v) is 3.07. The molecule has 1 atom stereocenters. The third kappa shape index (κ3) is 3.77. The first-order chi connectivity index (χ1) is 7.67. The SMILES string of the molecule is Cc1ccccc1C(C)(CC(Cl)(Cl)Cl)C(C)C. The summed E-state index contributed by atoms with van der Waals surface area (Å²) in [4.78, 5) is 0. The van der Waals surface area contributed by atoms with Gasteiger partial charge in [0.05, 0.1) is 0 Å². The zero-order valence-electron chi connectivity index (χ0n) is 10.7. The molecule has 0 nitrogen and oxygen atoms in total. The topological polar surface area (TPSA) is 0 Å². The summed E-state index contributed by atoms with van der Waals surface area (Å²) in [6.45, 7) is 8.61. The van der Waals surface area contributed by atoms with Crippen LogP contribution in [0.1, 0.15) is 38.3 Å². The summed E-state index contributed by atoms with van der Waals surface area (Å²) < 4.78 is -1.22. The number of hydrogen-bond donors (Lipinski definition) is 0. The Bertz CT molecular complexity index is 379. The minimum absolute atomic E-state index is 0.128. The van der Waals surface area contributed by atoms with Crippen molar-refractivity contribution in [2.45, 2.75) is 43.3 Å². The van der Waals surface area contributed by atoms with Crippen molar-refractivity contribution in [2.24, 2.45) is 5.92 Å². The highest BCUT2D eigenvalue weighted by molar-refractivity contribution is 6.67. The maximum absolute atomic E-state index is 5.99. The van der Waals surface area contributed by atoms with E-state index in [9.17, 15) is 0 Å². The van der Waals surface area contributed by atoms with E-state index in [2.05, 4.69) is 39.8 Å². The van der Waals surface area contributed by atoms with Crippen LogP contribution in [0.25, 0.3) is 0 Å². The van der Waals surface area contributed by atoms with Gasteiger partial charge >= 0.3 is 0 Å². The molecule has 0 aliphatic carbocycles. The first-order valence-electron chi connectivity index (χ1n) is 5.79. The minimum Gasteiger partial charge on any atom is -0.0837 e. The Morgan fingerprint density at radius 2 is 1.65 bits per heavy atom. The van der Waals surface area contributed by atoms with Crippen LogP contribution in [0.3, 0.4) is 0 Å². The molecule has 3 heteroatoms. The number of benzene rings is 1. The second kappa shape index (κ2) is 5.38. The third-order valence-electron chi connectivity index (χ3n) is 3.60. The Balaban J connectivity index is 3.22. The van der Waals surface area contributed by atoms with Gasteiger partial charge in [0.1, 0.15) is 0 Å². The fourth-order valence-electron chi connectivity index (χ4n) is 2.24. The van der Waals surface area contributed by atoms with Crippen molar-refractivity contribution in [3.8, 4) is 0 Å². The van der Waals surface area contributed by atoms with Crippen LogP contribution in [0.4, 0.5) is 0 Å². The zero-order chi connectivity index (χ0) is 13.3. The molecular weight excluding hydrogens is 275 g/mol. The highest BCUT2D eigenvalue weighted by Gasteiger charge is 2.38. The van der Waals surface area contributed by atoms with Gasteiger partial charge in [-0.2, -0.15) is 0 Å². The van der Waals surface area contributed by atoms with Crippen molar-refractivity contribution in [1.29, 1.82) is 0 Å². The summed E-state index contributed by atoms with van der Waals surface area (Å²) >= 11 is 18.0. The van der Waals surface area contributed by atoms with Crippen molar-refractivity contribution in [3.05, 3.63) is 35.4 Å². The lowest BCUT2D eigenvalue weighted by Crippen LogP contribution is -2.34. The average molecular weight is 294 g/mol. The Morgan fingerprint density at radius 3 is 2.06 bits per heavy atom. The van der Waals surface area contributed by atoms with Crippen molar-refractivity contribution >= 4 is 34.8 Å². The molecule has 0 fully saturated rings. The lowest BCUT2D eigenvalue weighted by atomic mass is 9.70. The van der Waals surface area contributed by atoms with E-state index in [1.165, 1.54) is 11.1 Å². The van der Waals surface area contributed by atoms with Crippen LogP contribution in [0, 0.1) is 12.8 Å². The van der Waals surface area contributed by atoms with Crippen molar-refractivity contribution in [2.75, 3.05) is 0 Å². The van der Waals surface area contributed by atoms with Crippen LogP contribution >= 0.6 is 34.8 Å². The van der Waals surface area contributed by atoms with Crippen LogP contribution in [0.15, 0.2) is 24.3 Å². The zero-order valence-corrected chi connectivity index (χ0v) is 13.0. The van der Waals surface area contributed by atoms with Crippen molar-refractivity contribution in [3.63, 3.8) is 0 Å². The number of hydrogen-bond acceptors (Lipinski definition) is 0. The summed E-state index contributed by atoms with van der Waals surface area (Å²) in [7, 11) is 0. The third-order valence-corrected chi connectivity index (χ3v) is 4.00. The van der Waals surface area contributed by atoms with E-state index in [0.717, 1.165) is 0 Å². The largest absolute Gasteiger partial charge is 0.191 e. The molecule has 0 spiro atoms. The first-order valence-corrected chi connectivity index (χ1v) is 6.93. The highest BCUT2D eigenvalue weighted by atomic mass is 35.6. The molecule has 0 amide bonds. The van der Waals surface area contributed by atoms with Crippen molar-refractivity contribution < 1.29 is 0 Å². The molecule has 1 unspecified atom stereocenters. The van der Waals surface area contributed by atoms with E-state index in [1.54, 1.807) is 0 Å². The second-order valence-electron chi connectivity index (χ2n) is 5.18. The van der Waals surface area contributed by atoms with E-state index in [0.29, 0.717) is 12.3 Å². The number of alkyl halides is 3. The molecule has 96 valence electrons. The fraction of sp³-hybridized carbons (Fsp3) is 0.571. The molecule has 0 aliphatic heterocycles. The molecule has 0 aromatic heterocycles. The molecular formula is C14H19Cl3. The quantitative estimate of drug-likeness (QED) is 0.630. The maximum atomic E-state index is 5.99. The summed E-state index contributed by atoms with van der Waals surface area (Å²) in [6, 6.07) is 8.32. The Hall–Kier alpha value is 0.0900. The van der Waals surface area contributed by atoms with Crippen LogP contribution in [-0.4, -0.2) is 3.79 Å². The predicted octanol–water partition coefficient (Wildman–Crippen LogP) is 5.67. The van der Waals surface area contributed by atoms with E-state index in [1.807, 2.05) is 12.1 Å². The van der Waals surface area contributed by atoms with Crippen LogP contribution in [0.5, 0.6) is 0 Å². The van der Waals surface area contributed by atoms with Gasteiger partial charge in [-0.15, -0.1) is 0 Å². The molecule has 17 heavy (non-hydrogen) atoms. The second-order valence-corrected chi connectivity index (χ2v) is 7.70. The first kappa shape index (κ1) is 15.1. The van der Waals surface area contributed by atoms with Gasteiger partial charge in [0.2, 0.25) is 0 Å². The molecule has 0 saturated carbocycles. The molecule has 1 aromatic carbocycles. The average Bonchev–Trinajstić information content (AvgIpc) is 2.15. The molecule has 0 N–H and O–H groups in total. The van der Waals surface area contributed by atoms with Gasteiger partial charge in [0.25, 0.3) is 0 Å². The highest BCUT2D eigenvalue weighted by Crippen LogP contribution is 2.45. The number of halogens is 3. The van der Waals surface area contributed by atoms with E-state index < -0.39 is 3.79 Å². The molecule has 0 bridgehead atoms. The van der Waals surface area contributed by atoms with E-state index >= 15 is 0 Å². The summed E-state index contributed by atoms with van der Waals surface area (Å²) in [5.74, 6) is 0.402. The van der Waals surface area contributed by atoms with Gasteiger partial charge in [0, 0.05) is 6.42 Å². The van der Waals surface area contributed by atoms with Gasteiger partial charge in [-0.3, -0.25) is 0 Å². The van der Waals surface area contributed by atoms with Crippen LogP contribution in [0.2, 0.25) is 0 Å². The van der Waals surface area contributed by atoms with Gasteiger partial charge in [-0.05, 0) is 29.4 Å². The lowest BCUT2D eigenvalue weighted by Gasteiger charge is -2.38.